The lowest BCUT2D eigenvalue weighted by Gasteiger charge is -2.21. The van der Waals surface area contributed by atoms with E-state index in [1.165, 1.54) is 11.3 Å². The second-order valence-electron chi connectivity index (χ2n) is 9.21. The van der Waals surface area contributed by atoms with E-state index in [1.807, 2.05) is 0 Å². The molecule has 0 atom stereocenters. The van der Waals surface area contributed by atoms with Crippen LogP contribution in [0.1, 0.15) is 80.1 Å². The summed E-state index contributed by atoms with van der Waals surface area (Å²) in [6, 6.07) is -0.648. The molecule has 170 valence electrons. The average molecular weight is 450 g/mol. The predicted octanol–water partition coefficient (Wildman–Crippen LogP) is 3.54. The molecular formula is C22H31N3O5S. The summed E-state index contributed by atoms with van der Waals surface area (Å²) in [5, 5.41) is 8.21. The Kier molecular flexibility index (Phi) is 7.35. The monoisotopic (exact) mass is 449 g/mol. The minimum atomic E-state index is -0.713. The first kappa shape index (κ1) is 23.2. The van der Waals surface area contributed by atoms with E-state index in [2.05, 4.69) is 16.0 Å². The van der Waals surface area contributed by atoms with E-state index in [0.29, 0.717) is 10.6 Å². The van der Waals surface area contributed by atoms with Gasteiger partial charge in [-0.15, -0.1) is 11.3 Å². The van der Waals surface area contributed by atoms with Crippen LogP contribution in [0.25, 0.3) is 0 Å². The summed E-state index contributed by atoms with van der Waals surface area (Å²) in [5.74, 6) is -1.44. The summed E-state index contributed by atoms with van der Waals surface area (Å²) in [6.45, 7) is 4.79. The number of urea groups is 1. The van der Waals surface area contributed by atoms with E-state index >= 15 is 0 Å². The summed E-state index contributed by atoms with van der Waals surface area (Å²) >= 11 is 1.42. The highest BCUT2D eigenvalue weighted by Gasteiger charge is 2.30. The number of thiophene rings is 1. The van der Waals surface area contributed by atoms with Gasteiger partial charge in [-0.1, -0.05) is 19.3 Å². The third-order valence-corrected chi connectivity index (χ3v) is 6.62. The number of nitrogens with one attached hydrogen (secondary N) is 3. The highest BCUT2D eigenvalue weighted by atomic mass is 32.1. The zero-order valence-electron chi connectivity index (χ0n) is 18.4. The van der Waals surface area contributed by atoms with E-state index in [0.717, 1.165) is 61.8 Å². The SMILES string of the molecule is CC(C)(C)NC(=O)NC(=O)COC(=O)c1c(NC(=O)C2CCCCC2)sc2c1CCC2. The van der Waals surface area contributed by atoms with Crippen molar-refractivity contribution in [1.82, 2.24) is 10.6 Å². The van der Waals surface area contributed by atoms with Crippen LogP contribution in [0.15, 0.2) is 0 Å². The Balaban J connectivity index is 1.63. The number of carbonyl (C=O) groups is 4. The lowest BCUT2D eigenvalue weighted by Crippen LogP contribution is -2.49. The van der Waals surface area contributed by atoms with Gasteiger partial charge >= 0.3 is 12.0 Å². The fraction of sp³-hybridized carbons (Fsp3) is 0.636. The van der Waals surface area contributed by atoms with Crippen molar-refractivity contribution in [2.75, 3.05) is 11.9 Å². The van der Waals surface area contributed by atoms with Gasteiger partial charge in [0.1, 0.15) is 5.00 Å². The van der Waals surface area contributed by atoms with Crippen LogP contribution in [0.2, 0.25) is 0 Å². The third-order valence-electron chi connectivity index (χ3n) is 5.41. The molecule has 2 aliphatic carbocycles. The van der Waals surface area contributed by atoms with Gasteiger partial charge in [0.15, 0.2) is 6.61 Å². The van der Waals surface area contributed by atoms with Crippen LogP contribution in [0.3, 0.4) is 0 Å². The van der Waals surface area contributed by atoms with Gasteiger partial charge in [-0.2, -0.15) is 0 Å². The molecule has 1 aromatic heterocycles. The number of esters is 1. The minimum absolute atomic E-state index is 0.0262. The lowest BCUT2D eigenvalue weighted by molar-refractivity contribution is -0.123. The van der Waals surface area contributed by atoms with Crippen molar-refractivity contribution in [3.8, 4) is 0 Å². The summed E-state index contributed by atoms with van der Waals surface area (Å²) in [6.07, 6.45) is 7.55. The molecule has 31 heavy (non-hydrogen) atoms. The molecule has 1 heterocycles. The predicted molar refractivity (Wildman–Crippen MR) is 118 cm³/mol. The molecule has 2 aliphatic rings. The Hall–Kier alpha value is -2.42. The summed E-state index contributed by atoms with van der Waals surface area (Å²) in [7, 11) is 0. The van der Waals surface area contributed by atoms with Crippen LogP contribution in [-0.4, -0.2) is 36.0 Å². The number of aryl methyl sites for hydroxylation is 1. The molecule has 9 heteroatoms. The van der Waals surface area contributed by atoms with Crippen molar-refractivity contribution in [1.29, 1.82) is 0 Å². The van der Waals surface area contributed by atoms with Crippen molar-refractivity contribution >= 4 is 40.2 Å². The van der Waals surface area contributed by atoms with Crippen LogP contribution >= 0.6 is 11.3 Å². The highest BCUT2D eigenvalue weighted by molar-refractivity contribution is 7.17. The molecule has 0 bridgehead atoms. The van der Waals surface area contributed by atoms with E-state index in [4.69, 9.17) is 4.74 Å². The van der Waals surface area contributed by atoms with Crippen molar-refractivity contribution in [3.63, 3.8) is 0 Å². The van der Waals surface area contributed by atoms with Crippen LogP contribution in [0, 0.1) is 5.92 Å². The summed E-state index contributed by atoms with van der Waals surface area (Å²) in [4.78, 5) is 50.4. The van der Waals surface area contributed by atoms with Crippen molar-refractivity contribution < 1.29 is 23.9 Å². The van der Waals surface area contributed by atoms with Gasteiger partial charge in [0.2, 0.25) is 5.91 Å². The smallest absolute Gasteiger partial charge is 0.341 e. The average Bonchev–Trinajstić information content (AvgIpc) is 3.26. The Bertz CT molecular complexity index is 865. The quantitative estimate of drug-likeness (QED) is 0.595. The number of rotatable bonds is 5. The maximum absolute atomic E-state index is 12.8. The van der Waals surface area contributed by atoms with Crippen LogP contribution in [0.4, 0.5) is 9.80 Å². The van der Waals surface area contributed by atoms with Gasteiger partial charge in [-0.3, -0.25) is 14.9 Å². The number of hydrogen-bond acceptors (Lipinski definition) is 6. The Morgan fingerprint density at radius 2 is 1.74 bits per heavy atom. The fourth-order valence-electron chi connectivity index (χ4n) is 4.02. The Morgan fingerprint density at radius 3 is 2.42 bits per heavy atom. The molecule has 0 radical (unpaired) electrons. The van der Waals surface area contributed by atoms with Crippen molar-refractivity contribution in [2.24, 2.45) is 5.92 Å². The normalized spacial score (nSPS) is 16.4. The van der Waals surface area contributed by atoms with E-state index in [-0.39, 0.29) is 11.8 Å². The molecule has 3 rings (SSSR count). The number of fused-ring (bicyclic) bond motifs is 1. The van der Waals surface area contributed by atoms with Gasteiger partial charge < -0.3 is 15.4 Å². The summed E-state index contributed by atoms with van der Waals surface area (Å²) in [5.41, 5.74) is 0.761. The first-order valence-electron chi connectivity index (χ1n) is 10.9. The van der Waals surface area contributed by atoms with Crippen LogP contribution in [0.5, 0.6) is 0 Å². The zero-order chi connectivity index (χ0) is 22.6. The molecule has 3 N–H and O–H groups in total. The van der Waals surface area contributed by atoms with E-state index in [1.54, 1.807) is 20.8 Å². The van der Waals surface area contributed by atoms with Gasteiger partial charge in [0.25, 0.3) is 5.91 Å². The topological polar surface area (TPSA) is 114 Å². The third kappa shape index (κ3) is 6.29. The minimum Gasteiger partial charge on any atom is -0.452 e. The largest absolute Gasteiger partial charge is 0.452 e. The standard InChI is InChI=1S/C22H31N3O5S/c1-22(2,3)25-21(29)23-16(26)12-30-20(28)17-14-10-7-11-15(14)31-19(17)24-18(27)13-8-5-4-6-9-13/h13H,4-12H2,1-3H3,(H,24,27)(H2,23,25,26,29). The summed E-state index contributed by atoms with van der Waals surface area (Å²) < 4.78 is 5.20. The number of imide groups is 1. The molecule has 1 saturated carbocycles. The number of hydrogen-bond donors (Lipinski definition) is 3. The number of anilines is 1. The van der Waals surface area contributed by atoms with Crippen molar-refractivity contribution in [3.05, 3.63) is 16.0 Å². The van der Waals surface area contributed by atoms with Gasteiger partial charge in [-0.05, 0) is 58.4 Å². The second kappa shape index (κ2) is 9.80. The fourth-order valence-corrected chi connectivity index (χ4v) is 5.31. The van der Waals surface area contributed by atoms with Crippen LogP contribution in [-0.2, 0) is 27.2 Å². The highest BCUT2D eigenvalue weighted by Crippen LogP contribution is 2.40. The van der Waals surface area contributed by atoms with Gasteiger partial charge in [-0.25, -0.2) is 9.59 Å². The van der Waals surface area contributed by atoms with Gasteiger partial charge in [0, 0.05) is 16.3 Å². The molecular weight excluding hydrogens is 418 g/mol. The molecule has 0 unspecified atom stereocenters. The van der Waals surface area contributed by atoms with E-state index < -0.39 is 30.1 Å². The molecule has 8 nitrogen and oxygen atoms in total. The lowest BCUT2D eigenvalue weighted by atomic mass is 9.89. The Morgan fingerprint density at radius 1 is 1.03 bits per heavy atom. The van der Waals surface area contributed by atoms with Crippen molar-refractivity contribution in [2.45, 2.75) is 77.7 Å². The molecule has 1 fully saturated rings. The van der Waals surface area contributed by atoms with Gasteiger partial charge in [0.05, 0.1) is 5.56 Å². The molecule has 1 aromatic rings. The zero-order valence-corrected chi connectivity index (χ0v) is 19.2. The maximum Gasteiger partial charge on any atom is 0.341 e. The number of amides is 4. The molecule has 0 aromatic carbocycles. The first-order valence-corrected chi connectivity index (χ1v) is 11.7. The maximum atomic E-state index is 12.8. The number of ether oxygens (including phenoxy) is 1. The van der Waals surface area contributed by atoms with Crippen LogP contribution < -0.4 is 16.0 Å². The first-order chi connectivity index (χ1) is 14.6. The molecule has 0 aliphatic heterocycles. The van der Waals surface area contributed by atoms with E-state index in [9.17, 15) is 19.2 Å². The second-order valence-corrected chi connectivity index (χ2v) is 10.3. The molecule has 0 spiro atoms. The molecule has 0 saturated heterocycles. The molecule has 4 amide bonds. The Labute approximate surface area is 186 Å². The number of carbonyl (C=O) groups excluding carboxylic acids is 4.